The molecule has 0 saturated carbocycles. The predicted octanol–water partition coefficient (Wildman–Crippen LogP) is 2.95. The quantitative estimate of drug-likeness (QED) is 0.927. The van der Waals surface area contributed by atoms with Crippen LogP contribution in [0, 0.1) is 5.92 Å². The molecule has 1 aliphatic heterocycles. The van der Waals surface area contributed by atoms with Crippen molar-refractivity contribution in [3.63, 3.8) is 0 Å². The monoisotopic (exact) mass is 300 g/mol. The Morgan fingerprint density at radius 2 is 2.21 bits per heavy atom. The average molecular weight is 301 g/mol. The van der Waals surface area contributed by atoms with E-state index >= 15 is 0 Å². The van der Waals surface area contributed by atoms with Crippen molar-refractivity contribution in [3.8, 4) is 0 Å². The smallest absolute Gasteiger partial charge is 0.227 e. The Kier molecular flexibility index (Phi) is 5.08. The third-order valence-corrected chi connectivity index (χ3v) is 4.20. The van der Waals surface area contributed by atoms with Gasteiger partial charge in [0.1, 0.15) is 0 Å². The number of carbonyl (C=O) groups is 1. The van der Waals surface area contributed by atoms with Crippen LogP contribution in [0.5, 0.6) is 0 Å². The van der Waals surface area contributed by atoms with Crippen molar-refractivity contribution in [3.05, 3.63) is 33.8 Å². The molecular weight excluding hydrogens is 283 g/mol. The summed E-state index contributed by atoms with van der Waals surface area (Å²) in [6.07, 6.45) is 0.927. The average Bonchev–Trinajstić information content (AvgIpc) is 2.93. The largest absolute Gasteiger partial charge is 0.338 e. The van der Waals surface area contributed by atoms with E-state index in [4.69, 9.17) is 23.2 Å². The van der Waals surface area contributed by atoms with Crippen molar-refractivity contribution in [2.24, 2.45) is 5.92 Å². The lowest BCUT2D eigenvalue weighted by Gasteiger charge is -2.24. The van der Waals surface area contributed by atoms with E-state index in [0.29, 0.717) is 23.1 Å². The van der Waals surface area contributed by atoms with Crippen LogP contribution in [0.2, 0.25) is 10.0 Å². The molecule has 5 heteroatoms. The fourth-order valence-electron chi connectivity index (χ4n) is 2.33. The second-order valence-corrected chi connectivity index (χ2v) is 5.60. The maximum atomic E-state index is 12.4. The zero-order valence-electron chi connectivity index (χ0n) is 11.0. The molecule has 0 spiro atoms. The molecule has 2 rings (SSSR count). The van der Waals surface area contributed by atoms with E-state index in [2.05, 4.69) is 5.32 Å². The van der Waals surface area contributed by atoms with Crippen LogP contribution in [0.25, 0.3) is 0 Å². The molecular formula is C14H18Cl2N2O. The van der Waals surface area contributed by atoms with Crippen molar-refractivity contribution in [1.82, 2.24) is 10.2 Å². The van der Waals surface area contributed by atoms with Crippen LogP contribution in [-0.4, -0.2) is 30.4 Å². The van der Waals surface area contributed by atoms with Gasteiger partial charge in [0, 0.05) is 19.6 Å². The van der Waals surface area contributed by atoms with Gasteiger partial charge in [-0.15, -0.1) is 0 Å². The number of halogens is 2. The number of nitrogens with zero attached hydrogens (tertiary/aromatic N) is 1. The summed E-state index contributed by atoms with van der Waals surface area (Å²) < 4.78 is 0. The maximum absolute atomic E-state index is 12.4. The van der Waals surface area contributed by atoms with Crippen LogP contribution < -0.4 is 5.32 Å². The number of benzene rings is 1. The van der Waals surface area contributed by atoms with Gasteiger partial charge in [-0.3, -0.25) is 4.79 Å². The lowest BCUT2D eigenvalue weighted by Crippen LogP contribution is -2.36. The van der Waals surface area contributed by atoms with Gasteiger partial charge in [0.15, 0.2) is 0 Å². The van der Waals surface area contributed by atoms with Gasteiger partial charge in [-0.1, -0.05) is 29.3 Å². The van der Waals surface area contributed by atoms with Crippen LogP contribution in [0.15, 0.2) is 18.2 Å². The van der Waals surface area contributed by atoms with E-state index in [9.17, 15) is 4.79 Å². The molecule has 3 nitrogen and oxygen atoms in total. The minimum atomic E-state index is 0.114. The van der Waals surface area contributed by atoms with Crippen molar-refractivity contribution in [2.45, 2.75) is 19.9 Å². The number of rotatable bonds is 4. The molecule has 0 radical (unpaired) electrons. The van der Waals surface area contributed by atoms with Gasteiger partial charge >= 0.3 is 0 Å². The molecule has 0 aliphatic carbocycles. The van der Waals surface area contributed by atoms with Crippen molar-refractivity contribution >= 4 is 29.1 Å². The topological polar surface area (TPSA) is 32.3 Å². The zero-order chi connectivity index (χ0) is 13.8. The van der Waals surface area contributed by atoms with Crippen LogP contribution in [0.1, 0.15) is 18.9 Å². The molecule has 1 aromatic carbocycles. The predicted molar refractivity (Wildman–Crippen MR) is 78.5 cm³/mol. The number of amides is 1. The van der Waals surface area contributed by atoms with Gasteiger partial charge in [-0.25, -0.2) is 0 Å². The number of hydrogen-bond donors (Lipinski definition) is 1. The zero-order valence-corrected chi connectivity index (χ0v) is 12.5. The summed E-state index contributed by atoms with van der Waals surface area (Å²) in [5.74, 6) is 0.335. The van der Waals surface area contributed by atoms with Crippen LogP contribution >= 0.6 is 23.2 Å². The second kappa shape index (κ2) is 6.60. The lowest BCUT2D eigenvalue weighted by molar-refractivity contribution is -0.135. The number of carbonyl (C=O) groups excluding carboxylic acids is 1. The molecule has 19 heavy (non-hydrogen) atoms. The summed E-state index contributed by atoms with van der Waals surface area (Å²) in [6, 6.07) is 5.51. The van der Waals surface area contributed by atoms with Crippen LogP contribution in [0.4, 0.5) is 0 Å². The first-order chi connectivity index (χ1) is 9.11. The third kappa shape index (κ3) is 3.62. The van der Waals surface area contributed by atoms with Crippen molar-refractivity contribution < 1.29 is 4.79 Å². The summed E-state index contributed by atoms with van der Waals surface area (Å²) in [5.41, 5.74) is 1.01. The Balaban J connectivity index is 2.05. The molecule has 1 unspecified atom stereocenters. The van der Waals surface area contributed by atoms with E-state index in [1.54, 1.807) is 6.07 Å². The fourth-order valence-corrected chi connectivity index (χ4v) is 2.65. The van der Waals surface area contributed by atoms with Gasteiger partial charge < -0.3 is 10.2 Å². The van der Waals surface area contributed by atoms with E-state index in [0.717, 1.165) is 25.1 Å². The highest BCUT2D eigenvalue weighted by Gasteiger charge is 2.26. The highest BCUT2D eigenvalue weighted by molar-refractivity contribution is 6.42. The van der Waals surface area contributed by atoms with E-state index in [1.807, 2.05) is 24.0 Å². The van der Waals surface area contributed by atoms with Crippen molar-refractivity contribution in [1.29, 1.82) is 0 Å². The molecule has 0 bridgehead atoms. The molecule has 1 saturated heterocycles. The molecule has 1 atom stereocenters. The normalized spacial score (nSPS) is 18.6. The first-order valence-corrected chi connectivity index (χ1v) is 7.31. The standard InChI is InChI=1S/C14H18Cl2N2O/c1-2-18(14(19)11-5-6-17-8-11)9-10-3-4-12(15)13(16)7-10/h3-4,7,11,17H,2,5-6,8-9H2,1H3. The third-order valence-electron chi connectivity index (χ3n) is 3.46. The number of nitrogens with one attached hydrogen (secondary N) is 1. The summed E-state index contributed by atoms with van der Waals surface area (Å²) >= 11 is 11.9. The Morgan fingerprint density at radius 3 is 2.79 bits per heavy atom. The molecule has 104 valence electrons. The lowest BCUT2D eigenvalue weighted by atomic mass is 10.1. The Morgan fingerprint density at radius 1 is 1.42 bits per heavy atom. The molecule has 0 aromatic heterocycles. The first-order valence-electron chi connectivity index (χ1n) is 6.55. The van der Waals surface area contributed by atoms with Gasteiger partial charge in [0.25, 0.3) is 0 Å². The van der Waals surface area contributed by atoms with Gasteiger partial charge in [-0.05, 0) is 37.6 Å². The first kappa shape index (κ1) is 14.6. The summed E-state index contributed by atoms with van der Waals surface area (Å²) in [6.45, 7) is 5.01. The molecule has 1 aromatic rings. The van der Waals surface area contributed by atoms with Gasteiger partial charge in [0.2, 0.25) is 5.91 Å². The number of hydrogen-bond acceptors (Lipinski definition) is 2. The van der Waals surface area contributed by atoms with Crippen LogP contribution in [-0.2, 0) is 11.3 Å². The minimum absolute atomic E-state index is 0.114. The van der Waals surface area contributed by atoms with Gasteiger partial charge in [-0.2, -0.15) is 0 Å². The Bertz CT molecular complexity index is 459. The summed E-state index contributed by atoms with van der Waals surface area (Å²) in [4.78, 5) is 14.2. The maximum Gasteiger partial charge on any atom is 0.227 e. The molecule has 1 heterocycles. The molecule has 1 amide bonds. The highest BCUT2D eigenvalue weighted by Crippen LogP contribution is 2.23. The fraction of sp³-hybridized carbons (Fsp3) is 0.500. The summed E-state index contributed by atoms with van der Waals surface area (Å²) in [7, 11) is 0. The molecule has 1 N–H and O–H groups in total. The Hall–Kier alpha value is -0.770. The molecule has 1 fully saturated rings. The minimum Gasteiger partial charge on any atom is -0.338 e. The highest BCUT2D eigenvalue weighted by atomic mass is 35.5. The Labute approximate surface area is 123 Å². The molecule has 1 aliphatic rings. The van der Waals surface area contributed by atoms with E-state index in [1.165, 1.54) is 0 Å². The van der Waals surface area contributed by atoms with Gasteiger partial charge in [0.05, 0.1) is 16.0 Å². The van der Waals surface area contributed by atoms with E-state index < -0.39 is 0 Å². The SMILES string of the molecule is CCN(Cc1ccc(Cl)c(Cl)c1)C(=O)C1CCNC1. The van der Waals surface area contributed by atoms with Crippen LogP contribution in [0.3, 0.4) is 0 Å². The van der Waals surface area contributed by atoms with E-state index in [-0.39, 0.29) is 11.8 Å². The summed E-state index contributed by atoms with van der Waals surface area (Å²) in [5, 5.41) is 4.30. The second-order valence-electron chi connectivity index (χ2n) is 4.79. The van der Waals surface area contributed by atoms with Crippen molar-refractivity contribution in [2.75, 3.05) is 19.6 Å².